The van der Waals surface area contributed by atoms with Crippen LogP contribution in [0.3, 0.4) is 0 Å². The summed E-state index contributed by atoms with van der Waals surface area (Å²) in [6.45, 7) is 1.99. The van der Waals surface area contributed by atoms with Crippen LogP contribution in [0.1, 0.15) is 5.56 Å². The van der Waals surface area contributed by atoms with Crippen LogP contribution >= 0.6 is 11.6 Å². The average Bonchev–Trinajstić information content (AvgIpc) is 3.17. The van der Waals surface area contributed by atoms with Crippen LogP contribution in [-0.4, -0.2) is 9.38 Å². The summed E-state index contributed by atoms with van der Waals surface area (Å²) >= 11 is 6.09. The van der Waals surface area contributed by atoms with Gasteiger partial charge in [0.2, 0.25) is 0 Å². The van der Waals surface area contributed by atoms with Gasteiger partial charge in [0.1, 0.15) is 11.4 Å². The highest BCUT2D eigenvalue weighted by Gasteiger charge is 2.08. The standard InChI is InChI=1S/C18H12ClN2O/c1-12-9-13(4-6-15(12)19)16-11-21-10-14(5-7-18(21)20-16)17-3-2-8-22-17/h2-7,9-11H,1H3. The molecule has 0 saturated heterocycles. The quantitative estimate of drug-likeness (QED) is 0.520. The summed E-state index contributed by atoms with van der Waals surface area (Å²) < 4.78 is 7.31. The van der Waals surface area contributed by atoms with E-state index in [1.165, 1.54) is 0 Å². The van der Waals surface area contributed by atoms with Crippen molar-refractivity contribution in [1.82, 2.24) is 9.38 Å². The van der Waals surface area contributed by atoms with E-state index >= 15 is 0 Å². The van der Waals surface area contributed by atoms with Gasteiger partial charge in [-0.15, -0.1) is 0 Å². The third kappa shape index (κ3) is 2.20. The van der Waals surface area contributed by atoms with E-state index in [9.17, 15) is 0 Å². The molecule has 3 heterocycles. The van der Waals surface area contributed by atoms with E-state index in [0.29, 0.717) is 0 Å². The predicted molar refractivity (Wildman–Crippen MR) is 86.9 cm³/mol. The zero-order valence-electron chi connectivity index (χ0n) is 11.9. The summed E-state index contributed by atoms with van der Waals surface area (Å²) in [5, 5.41) is 0.767. The van der Waals surface area contributed by atoms with Crippen LogP contribution in [0.25, 0.3) is 28.2 Å². The summed E-state index contributed by atoms with van der Waals surface area (Å²) in [5.74, 6) is 0.791. The zero-order chi connectivity index (χ0) is 15.1. The van der Waals surface area contributed by atoms with Crippen LogP contribution in [0.5, 0.6) is 0 Å². The molecule has 0 amide bonds. The molecule has 3 nitrogen and oxygen atoms in total. The second-order valence-corrected chi connectivity index (χ2v) is 5.60. The third-order valence-corrected chi connectivity index (χ3v) is 4.08. The Balaban J connectivity index is 1.81. The second kappa shape index (κ2) is 5.04. The Kier molecular flexibility index (Phi) is 3.01. The fourth-order valence-electron chi connectivity index (χ4n) is 2.48. The molecule has 0 saturated carbocycles. The minimum Gasteiger partial charge on any atom is -0.453 e. The minimum absolute atomic E-state index is 0.767. The molecule has 1 aromatic carbocycles. The lowest BCUT2D eigenvalue weighted by molar-refractivity contribution is 0.573. The Morgan fingerprint density at radius 3 is 2.73 bits per heavy atom. The molecule has 4 rings (SSSR count). The molecule has 4 heteroatoms. The number of fused-ring (bicyclic) bond motifs is 1. The normalized spacial score (nSPS) is 11.2. The van der Waals surface area contributed by atoms with Crippen molar-refractivity contribution in [2.75, 3.05) is 0 Å². The maximum absolute atomic E-state index is 6.09. The highest BCUT2D eigenvalue weighted by Crippen LogP contribution is 2.26. The molecular formula is C18H12ClN2O. The summed E-state index contributed by atoms with van der Waals surface area (Å²) in [6.07, 6.45) is 6.72. The fraction of sp³-hybridized carbons (Fsp3) is 0.0556. The smallest absolute Gasteiger partial charge is 0.170 e. The SMILES string of the molecule is Cc1cc(-c2cn3cc(-c4cc[c]o4)ccc3n2)ccc1Cl. The molecular weight excluding hydrogens is 296 g/mol. The van der Waals surface area contributed by atoms with Crippen molar-refractivity contribution in [2.45, 2.75) is 6.92 Å². The molecule has 0 fully saturated rings. The summed E-state index contributed by atoms with van der Waals surface area (Å²) in [6, 6.07) is 13.6. The minimum atomic E-state index is 0.767. The van der Waals surface area contributed by atoms with Gasteiger partial charge in [0, 0.05) is 28.5 Å². The number of rotatable bonds is 2. The average molecular weight is 308 g/mol. The van der Waals surface area contributed by atoms with Gasteiger partial charge in [-0.05, 0) is 48.9 Å². The Hall–Kier alpha value is -2.52. The molecule has 107 valence electrons. The number of imidazole rings is 1. The molecule has 0 unspecified atom stereocenters. The molecule has 0 aliphatic carbocycles. The molecule has 0 N–H and O–H groups in total. The van der Waals surface area contributed by atoms with Crippen LogP contribution in [-0.2, 0) is 0 Å². The zero-order valence-corrected chi connectivity index (χ0v) is 12.6. The number of aryl methyl sites for hydroxylation is 1. The van der Waals surface area contributed by atoms with Crippen LogP contribution in [0, 0.1) is 13.2 Å². The van der Waals surface area contributed by atoms with Crippen molar-refractivity contribution in [3.63, 3.8) is 0 Å². The van der Waals surface area contributed by atoms with E-state index in [2.05, 4.69) is 11.2 Å². The van der Waals surface area contributed by atoms with Crippen LogP contribution in [0.15, 0.2) is 59.3 Å². The van der Waals surface area contributed by atoms with Crippen molar-refractivity contribution in [3.8, 4) is 22.6 Å². The number of benzene rings is 1. The van der Waals surface area contributed by atoms with Crippen molar-refractivity contribution in [2.24, 2.45) is 0 Å². The van der Waals surface area contributed by atoms with Crippen LogP contribution in [0.4, 0.5) is 0 Å². The summed E-state index contributed by atoms with van der Waals surface area (Å²) in [5.41, 5.74) is 4.90. The van der Waals surface area contributed by atoms with Gasteiger partial charge in [-0.3, -0.25) is 0 Å². The Labute approximate surface area is 132 Å². The molecule has 0 aliphatic heterocycles. The van der Waals surface area contributed by atoms with E-state index in [1.807, 2.05) is 60.1 Å². The molecule has 1 radical (unpaired) electrons. The first-order valence-electron chi connectivity index (χ1n) is 6.92. The lowest BCUT2D eigenvalue weighted by atomic mass is 10.1. The lowest BCUT2D eigenvalue weighted by Gasteiger charge is -2.00. The predicted octanol–water partition coefficient (Wildman–Crippen LogP) is 5.02. The Morgan fingerprint density at radius 1 is 1.09 bits per heavy atom. The van der Waals surface area contributed by atoms with Gasteiger partial charge >= 0.3 is 0 Å². The van der Waals surface area contributed by atoms with Crippen molar-refractivity contribution in [3.05, 3.63) is 71.7 Å². The third-order valence-electron chi connectivity index (χ3n) is 3.66. The molecule has 4 aromatic rings. The van der Waals surface area contributed by atoms with Gasteiger partial charge in [0.25, 0.3) is 0 Å². The van der Waals surface area contributed by atoms with Gasteiger partial charge < -0.3 is 8.82 Å². The van der Waals surface area contributed by atoms with Gasteiger partial charge in [-0.2, -0.15) is 0 Å². The number of hydrogen-bond acceptors (Lipinski definition) is 2. The van der Waals surface area contributed by atoms with Gasteiger partial charge in [0.15, 0.2) is 6.26 Å². The number of aromatic nitrogens is 2. The topological polar surface area (TPSA) is 30.4 Å². The molecule has 0 atom stereocenters. The highest BCUT2D eigenvalue weighted by atomic mass is 35.5. The first kappa shape index (κ1) is 13.2. The van der Waals surface area contributed by atoms with E-state index in [1.54, 1.807) is 6.07 Å². The van der Waals surface area contributed by atoms with Gasteiger partial charge in [-0.1, -0.05) is 17.7 Å². The molecule has 0 spiro atoms. The number of pyridine rings is 1. The number of halogens is 1. The molecule has 0 bridgehead atoms. The Bertz CT molecular complexity index is 955. The van der Waals surface area contributed by atoms with E-state index in [0.717, 1.165) is 38.8 Å². The highest BCUT2D eigenvalue weighted by molar-refractivity contribution is 6.31. The van der Waals surface area contributed by atoms with E-state index in [-0.39, 0.29) is 0 Å². The number of nitrogens with zero attached hydrogens (tertiary/aromatic N) is 2. The van der Waals surface area contributed by atoms with Crippen LogP contribution in [0.2, 0.25) is 5.02 Å². The first-order valence-corrected chi connectivity index (χ1v) is 7.30. The maximum Gasteiger partial charge on any atom is 0.170 e. The summed E-state index contributed by atoms with van der Waals surface area (Å²) in [7, 11) is 0. The molecule has 3 aromatic heterocycles. The van der Waals surface area contributed by atoms with E-state index in [4.69, 9.17) is 16.0 Å². The Morgan fingerprint density at radius 2 is 1.95 bits per heavy atom. The number of hydrogen-bond donors (Lipinski definition) is 0. The molecule has 22 heavy (non-hydrogen) atoms. The summed E-state index contributed by atoms with van der Waals surface area (Å²) in [4.78, 5) is 4.66. The van der Waals surface area contributed by atoms with Crippen molar-refractivity contribution in [1.29, 1.82) is 0 Å². The fourth-order valence-corrected chi connectivity index (χ4v) is 2.59. The second-order valence-electron chi connectivity index (χ2n) is 5.19. The van der Waals surface area contributed by atoms with Gasteiger partial charge in [0.05, 0.1) is 5.69 Å². The van der Waals surface area contributed by atoms with Crippen molar-refractivity contribution >= 4 is 17.2 Å². The number of furan rings is 1. The maximum atomic E-state index is 6.09. The largest absolute Gasteiger partial charge is 0.453 e. The van der Waals surface area contributed by atoms with Gasteiger partial charge in [-0.25, -0.2) is 4.98 Å². The van der Waals surface area contributed by atoms with E-state index < -0.39 is 0 Å². The lowest BCUT2D eigenvalue weighted by Crippen LogP contribution is -1.83. The monoisotopic (exact) mass is 307 g/mol. The molecule has 0 aliphatic rings. The van der Waals surface area contributed by atoms with Crippen molar-refractivity contribution < 1.29 is 4.42 Å². The first-order chi connectivity index (χ1) is 10.7. The van der Waals surface area contributed by atoms with Crippen LogP contribution < -0.4 is 0 Å².